The van der Waals surface area contributed by atoms with Crippen molar-refractivity contribution in [1.29, 1.82) is 0 Å². The minimum absolute atomic E-state index is 0.136. The van der Waals surface area contributed by atoms with Gasteiger partial charge < -0.3 is 15.2 Å². The van der Waals surface area contributed by atoms with Crippen LogP contribution in [0.4, 0.5) is 0 Å². The van der Waals surface area contributed by atoms with Gasteiger partial charge in [0.15, 0.2) is 0 Å². The van der Waals surface area contributed by atoms with Gasteiger partial charge in [-0.05, 0) is 24.5 Å². The summed E-state index contributed by atoms with van der Waals surface area (Å²) in [6.45, 7) is 4.06. The first-order valence-electron chi connectivity index (χ1n) is 6.69. The largest absolute Gasteiger partial charge is 0.493 e. The van der Waals surface area contributed by atoms with Gasteiger partial charge in [-0.1, -0.05) is 32.0 Å². The lowest BCUT2D eigenvalue weighted by Gasteiger charge is -2.16. The lowest BCUT2D eigenvalue weighted by molar-refractivity contribution is -0.142. The summed E-state index contributed by atoms with van der Waals surface area (Å²) in [7, 11) is 0. The normalized spacial score (nSPS) is 11.9. The zero-order valence-corrected chi connectivity index (χ0v) is 11.8. The molecule has 1 aromatic carbocycles. The molecule has 0 aliphatic rings. The van der Waals surface area contributed by atoms with E-state index in [1.54, 1.807) is 12.1 Å². The second-order valence-electron chi connectivity index (χ2n) is 5.00. The molecule has 0 aliphatic carbocycles. The molecule has 1 aromatic rings. The van der Waals surface area contributed by atoms with Gasteiger partial charge in [0.2, 0.25) is 5.91 Å². The highest BCUT2D eigenvalue weighted by Crippen LogP contribution is 2.09. The fourth-order valence-electron chi connectivity index (χ4n) is 1.74. The summed E-state index contributed by atoms with van der Waals surface area (Å²) >= 11 is 0. The summed E-state index contributed by atoms with van der Waals surface area (Å²) in [5.74, 6) is -0.417. The van der Waals surface area contributed by atoms with Crippen LogP contribution in [0.25, 0.3) is 0 Å². The van der Waals surface area contributed by atoms with Crippen molar-refractivity contribution in [2.75, 3.05) is 6.61 Å². The van der Waals surface area contributed by atoms with Crippen LogP contribution in [0, 0.1) is 5.92 Å². The Morgan fingerprint density at radius 2 is 1.90 bits per heavy atom. The quantitative estimate of drug-likeness (QED) is 0.764. The third kappa shape index (κ3) is 6.22. The van der Waals surface area contributed by atoms with Crippen LogP contribution >= 0.6 is 0 Å². The maximum absolute atomic E-state index is 11.7. The molecular weight excluding hydrogens is 258 g/mol. The van der Waals surface area contributed by atoms with Gasteiger partial charge in [0, 0.05) is 0 Å². The van der Waals surface area contributed by atoms with Crippen molar-refractivity contribution >= 4 is 11.9 Å². The molecule has 2 N–H and O–H groups in total. The first kappa shape index (κ1) is 16.0. The van der Waals surface area contributed by atoms with Gasteiger partial charge in [0.1, 0.15) is 11.8 Å². The Labute approximate surface area is 118 Å². The number of para-hydroxylation sites is 1. The van der Waals surface area contributed by atoms with E-state index < -0.39 is 12.0 Å². The molecule has 110 valence electrons. The number of carbonyl (C=O) groups excluding carboxylic acids is 1. The van der Waals surface area contributed by atoms with E-state index in [1.807, 2.05) is 32.0 Å². The number of hydrogen-bond donors (Lipinski definition) is 2. The Hall–Kier alpha value is -2.04. The molecule has 1 rings (SSSR count). The third-order valence-corrected chi connectivity index (χ3v) is 2.68. The fourth-order valence-corrected chi connectivity index (χ4v) is 1.74. The SMILES string of the molecule is CC(C)C[C@H](NC(=O)CCOc1ccccc1)C(=O)O. The van der Waals surface area contributed by atoms with Crippen LogP contribution in [0.15, 0.2) is 30.3 Å². The average Bonchev–Trinajstić information content (AvgIpc) is 2.38. The lowest BCUT2D eigenvalue weighted by atomic mass is 10.0. The number of ether oxygens (including phenoxy) is 1. The number of carboxylic acid groups (broad SMARTS) is 1. The number of carboxylic acids is 1. The van der Waals surface area contributed by atoms with Gasteiger partial charge in [-0.25, -0.2) is 4.79 Å². The molecule has 1 atom stereocenters. The minimum Gasteiger partial charge on any atom is -0.493 e. The van der Waals surface area contributed by atoms with E-state index >= 15 is 0 Å². The minimum atomic E-state index is -1.00. The maximum atomic E-state index is 11.7. The number of rotatable bonds is 8. The van der Waals surface area contributed by atoms with E-state index in [0.717, 1.165) is 0 Å². The molecule has 0 bridgehead atoms. The van der Waals surface area contributed by atoms with Gasteiger partial charge in [-0.2, -0.15) is 0 Å². The summed E-state index contributed by atoms with van der Waals surface area (Å²) < 4.78 is 5.39. The highest BCUT2D eigenvalue weighted by atomic mass is 16.5. The van der Waals surface area contributed by atoms with Crippen molar-refractivity contribution in [3.63, 3.8) is 0 Å². The van der Waals surface area contributed by atoms with E-state index in [-0.39, 0.29) is 24.9 Å². The molecule has 0 aromatic heterocycles. The topological polar surface area (TPSA) is 75.6 Å². The summed E-state index contributed by atoms with van der Waals surface area (Å²) in [6.07, 6.45) is 0.553. The lowest BCUT2D eigenvalue weighted by Crippen LogP contribution is -2.42. The van der Waals surface area contributed by atoms with Crippen LogP contribution in [-0.2, 0) is 9.59 Å². The first-order valence-corrected chi connectivity index (χ1v) is 6.69. The average molecular weight is 279 g/mol. The Morgan fingerprint density at radius 3 is 2.45 bits per heavy atom. The molecule has 0 saturated carbocycles. The van der Waals surface area contributed by atoms with E-state index in [0.29, 0.717) is 12.2 Å². The molecule has 0 heterocycles. The summed E-state index contributed by atoms with van der Waals surface area (Å²) in [4.78, 5) is 22.7. The van der Waals surface area contributed by atoms with Crippen molar-refractivity contribution in [1.82, 2.24) is 5.32 Å². The number of amides is 1. The molecule has 1 amide bonds. The Morgan fingerprint density at radius 1 is 1.25 bits per heavy atom. The standard InChI is InChI=1S/C15H21NO4/c1-11(2)10-13(15(18)19)16-14(17)8-9-20-12-6-4-3-5-7-12/h3-7,11,13H,8-10H2,1-2H3,(H,16,17)(H,18,19)/t13-/m0/s1. The smallest absolute Gasteiger partial charge is 0.326 e. The molecule has 5 heteroatoms. The van der Waals surface area contributed by atoms with Crippen molar-refractivity contribution in [3.8, 4) is 5.75 Å². The number of carbonyl (C=O) groups is 2. The monoisotopic (exact) mass is 279 g/mol. The van der Waals surface area contributed by atoms with E-state index in [4.69, 9.17) is 9.84 Å². The van der Waals surface area contributed by atoms with Crippen LogP contribution in [0.1, 0.15) is 26.7 Å². The van der Waals surface area contributed by atoms with E-state index in [2.05, 4.69) is 5.32 Å². The molecule has 5 nitrogen and oxygen atoms in total. The van der Waals surface area contributed by atoms with Gasteiger partial charge in [0.05, 0.1) is 13.0 Å². The first-order chi connectivity index (χ1) is 9.49. The van der Waals surface area contributed by atoms with E-state index in [1.165, 1.54) is 0 Å². The van der Waals surface area contributed by atoms with Crippen LogP contribution < -0.4 is 10.1 Å². The zero-order chi connectivity index (χ0) is 15.0. The van der Waals surface area contributed by atoms with Crippen molar-refractivity contribution in [2.24, 2.45) is 5.92 Å². The Kier molecular flexibility index (Phi) is 6.56. The maximum Gasteiger partial charge on any atom is 0.326 e. The highest BCUT2D eigenvalue weighted by molar-refractivity contribution is 5.83. The summed E-state index contributed by atoms with van der Waals surface area (Å²) in [6, 6.07) is 8.34. The van der Waals surface area contributed by atoms with Gasteiger partial charge in [-0.15, -0.1) is 0 Å². The molecule has 0 fully saturated rings. The molecule has 20 heavy (non-hydrogen) atoms. The highest BCUT2D eigenvalue weighted by Gasteiger charge is 2.20. The molecular formula is C15H21NO4. The second kappa shape index (κ2) is 8.19. The molecule has 0 unspecified atom stereocenters. The molecule has 0 saturated heterocycles. The number of aliphatic carboxylic acids is 1. The third-order valence-electron chi connectivity index (χ3n) is 2.68. The fraction of sp³-hybridized carbons (Fsp3) is 0.467. The van der Waals surface area contributed by atoms with Crippen molar-refractivity contribution < 1.29 is 19.4 Å². The van der Waals surface area contributed by atoms with Crippen molar-refractivity contribution in [3.05, 3.63) is 30.3 Å². The molecule has 0 spiro atoms. The van der Waals surface area contributed by atoms with Crippen molar-refractivity contribution in [2.45, 2.75) is 32.7 Å². The number of nitrogens with one attached hydrogen (secondary N) is 1. The van der Waals surface area contributed by atoms with Crippen LogP contribution in [-0.4, -0.2) is 29.6 Å². The number of benzene rings is 1. The van der Waals surface area contributed by atoms with E-state index in [9.17, 15) is 9.59 Å². The summed E-state index contributed by atoms with van der Waals surface area (Å²) in [5, 5.41) is 11.5. The predicted octanol–water partition coefficient (Wildman–Crippen LogP) is 2.07. The number of hydrogen-bond acceptors (Lipinski definition) is 3. The molecule has 0 radical (unpaired) electrons. The van der Waals surface area contributed by atoms with Gasteiger partial charge >= 0.3 is 5.97 Å². The predicted molar refractivity (Wildman–Crippen MR) is 75.6 cm³/mol. The van der Waals surface area contributed by atoms with Gasteiger partial charge in [-0.3, -0.25) is 4.79 Å². The second-order valence-corrected chi connectivity index (χ2v) is 5.00. The summed E-state index contributed by atoms with van der Waals surface area (Å²) in [5.41, 5.74) is 0. The Balaban J connectivity index is 2.33. The van der Waals surface area contributed by atoms with Crippen LogP contribution in [0.5, 0.6) is 5.75 Å². The Bertz CT molecular complexity index is 431. The van der Waals surface area contributed by atoms with Gasteiger partial charge in [0.25, 0.3) is 0 Å². The molecule has 0 aliphatic heterocycles. The van der Waals surface area contributed by atoms with Crippen LogP contribution in [0.3, 0.4) is 0 Å². The zero-order valence-electron chi connectivity index (χ0n) is 11.8. The van der Waals surface area contributed by atoms with Crippen LogP contribution in [0.2, 0.25) is 0 Å².